The van der Waals surface area contributed by atoms with Crippen molar-refractivity contribution < 1.29 is 123 Å². The van der Waals surface area contributed by atoms with Gasteiger partial charge < -0.3 is 13.0 Å². The Morgan fingerprint density at radius 2 is 0.413 bits per heavy atom. The summed E-state index contributed by atoms with van der Waals surface area (Å²) in [5.74, 6) is 0. The van der Waals surface area contributed by atoms with Crippen LogP contribution in [0.5, 0.6) is 0 Å². The second-order valence-electron chi connectivity index (χ2n) is 12.6. The molecule has 0 amide bonds. The molecule has 10 nitrogen and oxygen atoms in total. The summed E-state index contributed by atoms with van der Waals surface area (Å²) in [7, 11) is -30.6. The quantitative estimate of drug-likeness (QED) is 0.0790. The standard InChI is InChI=1S/2C18H15S.2C2F6NO4S2.CH4.BF3.FH.Li/c2*1-4-10-16(11-5-1)19(17-12-6-2-7-13-17)18-14-8-3-9-15-18;2*3-1(4,5)14(10,11)9-15(12,13)2(6,7)8;;2-1(3)4;;/h2*1-15H;;;1H4;;1H;/q2*+1;2*-1;;;;+1/p-1. The Kier molecular flexibility index (Phi) is 29.8. The van der Waals surface area contributed by atoms with E-state index >= 15 is 0 Å². The van der Waals surface area contributed by atoms with E-state index < -0.39 is 69.7 Å². The van der Waals surface area contributed by atoms with Gasteiger partial charge in [0.15, 0.2) is 69.5 Å². The zero-order valence-corrected chi connectivity index (χ0v) is 41.5. The molecule has 0 saturated carbocycles. The minimum atomic E-state index is -6.72. The summed E-state index contributed by atoms with van der Waals surface area (Å²) < 4.78 is 247. The summed E-state index contributed by atoms with van der Waals surface area (Å²) in [5.41, 5.74) is -24.8. The van der Waals surface area contributed by atoms with Gasteiger partial charge in [0.2, 0.25) is 0 Å². The maximum Gasteiger partial charge on any atom is 1.00 e. The SMILES string of the molecule is C.FB(F)F.O=S(=O)([N-]S(=O)(=O)C(F)(F)F)C(F)(F)F.O=S(=O)([N-]S(=O)(=O)C(F)(F)F)C(F)(F)F.[F-].[Li+].c1ccc([S+](c2ccccc2)c2ccccc2)cc1.c1ccc([S+](c2ccccc2)c2ccccc2)cc1. The first-order valence-corrected chi connectivity index (χ1v) is 26.7. The molecule has 0 radical (unpaired) electrons. The smallest absolute Gasteiger partial charge is 1.00 e. The van der Waals surface area contributed by atoms with Crippen LogP contribution >= 0.6 is 0 Å². The molecule has 0 aliphatic carbocycles. The van der Waals surface area contributed by atoms with Crippen LogP contribution in [0.1, 0.15) is 7.43 Å². The first-order valence-electron chi connectivity index (χ1n) is 18.5. The van der Waals surface area contributed by atoms with Crippen LogP contribution in [-0.2, 0) is 61.9 Å². The molecule has 34 heteroatoms. The van der Waals surface area contributed by atoms with E-state index in [4.69, 9.17) is 0 Å². The molecule has 6 aromatic carbocycles. The van der Waals surface area contributed by atoms with Gasteiger partial charge in [0, 0.05) is 0 Å². The number of hydrogen-bond acceptors (Lipinski definition) is 8. The predicted octanol–water partition coefficient (Wildman–Crippen LogP) is 7.21. The van der Waals surface area contributed by atoms with E-state index in [1.807, 2.05) is 0 Å². The molecule has 0 aliphatic rings. The molecule has 0 saturated heterocycles. The van der Waals surface area contributed by atoms with Crippen LogP contribution in [0.2, 0.25) is 0 Å². The van der Waals surface area contributed by atoms with Gasteiger partial charge in [-0.05, 0) is 72.8 Å². The Balaban J connectivity index is 0. The van der Waals surface area contributed by atoms with Gasteiger partial charge in [-0.25, -0.2) is 33.7 Å². The van der Waals surface area contributed by atoms with Gasteiger partial charge in [-0.3, -0.25) is 12.9 Å². The molecule has 408 valence electrons. The third-order valence-electron chi connectivity index (χ3n) is 7.44. The zero-order chi connectivity index (χ0) is 54.8. The first kappa shape index (κ1) is 72.4. The average molecular weight is 1200 g/mol. The van der Waals surface area contributed by atoms with Gasteiger partial charge in [0.1, 0.15) is 0 Å². The molecule has 75 heavy (non-hydrogen) atoms. The molecule has 0 bridgehead atoms. The average Bonchev–Trinajstić information content (AvgIpc) is 3.27. The second kappa shape index (κ2) is 30.9. The summed E-state index contributed by atoms with van der Waals surface area (Å²) in [6.07, 6.45) is 0. The fourth-order valence-corrected chi connectivity index (χ4v) is 12.2. The molecule has 6 aromatic rings. The molecule has 6 rings (SSSR count). The molecular formula is C41H34BF16LiN2O8S6. The molecule has 0 aromatic heterocycles. The molecule has 0 aliphatic heterocycles. The molecule has 0 fully saturated rings. The van der Waals surface area contributed by atoms with Crippen molar-refractivity contribution in [3.63, 3.8) is 0 Å². The second-order valence-corrected chi connectivity index (χ2v) is 23.5. The van der Waals surface area contributed by atoms with Gasteiger partial charge in [-0.15, -0.1) is 0 Å². The van der Waals surface area contributed by atoms with Crippen molar-refractivity contribution in [3.8, 4) is 0 Å². The van der Waals surface area contributed by atoms with Crippen molar-refractivity contribution in [3.05, 3.63) is 190 Å². The van der Waals surface area contributed by atoms with E-state index in [0.29, 0.717) is 0 Å². The zero-order valence-electron chi connectivity index (χ0n) is 36.6. The number of benzene rings is 6. The number of rotatable bonds is 10. The van der Waals surface area contributed by atoms with Gasteiger partial charge >= 0.3 is 48.4 Å². The van der Waals surface area contributed by atoms with Crippen LogP contribution in [0.4, 0.5) is 65.6 Å². The third kappa shape index (κ3) is 23.6. The number of alkyl halides is 12. The Morgan fingerprint density at radius 1 is 0.307 bits per heavy atom. The summed E-state index contributed by atoms with van der Waals surface area (Å²) in [4.78, 5) is 8.17. The summed E-state index contributed by atoms with van der Waals surface area (Å²) >= 11 is 0. The largest absolute Gasteiger partial charge is 1.00 e. The molecule has 0 unspecified atom stereocenters. The van der Waals surface area contributed by atoms with Crippen LogP contribution in [0.3, 0.4) is 0 Å². The minimum absolute atomic E-state index is 0. The van der Waals surface area contributed by atoms with E-state index in [-0.39, 0.29) is 52.8 Å². The van der Waals surface area contributed by atoms with Crippen LogP contribution in [0.25, 0.3) is 8.25 Å². The van der Waals surface area contributed by atoms with E-state index in [2.05, 4.69) is 182 Å². The Labute approximate surface area is 438 Å². The van der Waals surface area contributed by atoms with Crippen LogP contribution in [0, 0.1) is 0 Å². The molecule has 0 spiro atoms. The number of hydrogen-bond donors (Lipinski definition) is 0. The number of nitrogens with zero attached hydrogens (tertiary/aromatic N) is 2. The maximum absolute atomic E-state index is 11.4. The van der Waals surface area contributed by atoms with E-state index in [9.17, 15) is 99.3 Å². The van der Waals surface area contributed by atoms with Gasteiger partial charge in [-0.2, -0.15) is 52.7 Å². The van der Waals surface area contributed by atoms with Gasteiger partial charge in [0.05, 0.1) is 21.8 Å². The molecule has 0 N–H and O–H groups in total. The van der Waals surface area contributed by atoms with E-state index in [1.54, 1.807) is 0 Å². The summed E-state index contributed by atoms with van der Waals surface area (Å²) in [6, 6.07) is 64.3. The summed E-state index contributed by atoms with van der Waals surface area (Å²) in [5, 5.41) is 0. The van der Waals surface area contributed by atoms with Crippen molar-refractivity contribution in [1.29, 1.82) is 0 Å². The van der Waals surface area contributed by atoms with Gasteiger partial charge in [-0.1, -0.05) is 117 Å². The van der Waals surface area contributed by atoms with Crippen molar-refractivity contribution in [2.45, 2.75) is 58.8 Å². The van der Waals surface area contributed by atoms with Crippen LogP contribution < -0.4 is 23.6 Å². The topological polar surface area (TPSA) is 165 Å². The van der Waals surface area contributed by atoms with Crippen molar-refractivity contribution in [2.24, 2.45) is 0 Å². The number of sulfonamides is 4. The van der Waals surface area contributed by atoms with Crippen LogP contribution in [-0.4, -0.2) is 63.2 Å². The van der Waals surface area contributed by atoms with Gasteiger partial charge in [0.25, 0.3) is 0 Å². The molecule has 0 atom stereocenters. The van der Waals surface area contributed by atoms with E-state index in [1.165, 1.54) is 29.4 Å². The van der Waals surface area contributed by atoms with Crippen LogP contribution in [0.15, 0.2) is 211 Å². The monoisotopic (exact) mass is 1200 g/mol. The Bertz CT molecular complexity index is 2540. The van der Waals surface area contributed by atoms with Crippen molar-refractivity contribution >= 4 is 69.4 Å². The Hall–Kier alpha value is -4.72. The molecule has 0 heterocycles. The predicted molar refractivity (Wildman–Crippen MR) is 245 cm³/mol. The summed E-state index contributed by atoms with van der Waals surface area (Å²) in [6.45, 7) is 0. The Morgan fingerprint density at radius 3 is 0.507 bits per heavy atom. The normalized spacial score (nSPS) is 11.9. The minimum Gasteiger partial charge on any atom is -1.00 e. The fraction of sp³-hybridized carbons (Fsp3) is 0.122. The maximum atomic E-state index is 11.4. The fourth-order valence-electron chi connectivity index (χ4n) is 4.58. The van der Waals surface area contributed by atoms with Crippen molar-refractivity contribution in [1.82, 2.24) is 0 Å². The number of halogens is 16. The van der Waals surface area contributed by atoms with Crippen molar-refractivity contribution in [2.75, 3.05) is 0 Å². The molecular weight excluding hydrogens is 1160 g/mol. The third-order valence-corrected chi connectivity index (χ3v) is 17.4. The first-order chi connectivity index (χ1) is 33.0. The van der Waals surface area contributed by atoms with E-state index in [0.717, 1.165) is 8.25 Å².